The van der Waals surface area contributed by atoms with Gasteiger partial charge in [-0.3, -0.25) is 9.59 Å². The van der Waals surface area contributed by atoms with Crippen molar-refractivity contribution in [3.05, 3.63) is 65.2 Å². The standard InChI is InChI=1S/C18H16F2N2O2/c1-22(11-7-5-10(6-8-11)17(21)23)18(24)13-9-12(13)16-14(19)3-2-4-15(16)20/h2-8,12-13H,9H2,1H3,(H2,21,23)/t12-,13+/m0/s1. The first-order chi connectivity index (χ1) is 11.4. The number of rotatable bonds is 4. The SMILES string of the molecule is CN(C(=O)[C@@H]1C[C@@H]1c1c(F)cccc1F)c1ccc(C(N)=O)cc1. The van der Waals surface area contributed by atoms with Gasteiger partial charge in [0.05, 0.1) is 0 Å². The smallest absolute Gasteiger partial charge is 0.248 e. The molecule has 2 aromatic rings. The Morgan fingerprint density at radius 2 is 1.67 bits per heavy atom. The van der Waals surface area contributed by atoms with Crippen LogP contribution in [0.2, 0.25) is 0 Å². The van der Waals surface area contributed by atoms with Gasteiger partial charge in [0.15, 0.2) is 0 Å². The van der Waals surface area contributed by atoms with Gasteiger partial charge in [-0.15, -0.1) is 0 Å². The molecule has 6 heteroatoms. The Balaban J connectivity index is 1.75. The van der Waals surface area contributed by atoms with E-state index in [1.807, 2.05) is 0 Å². The number of nitrogens with two attached hydrogens (primary N) is 1. The number of primary amides is 1. The molecule has 1 aliphatic rings. The highest BCUT2D eigenvalue weighted by Gasteiger charge is 2.47. The van der Waals surface area contributed by atoms with Gasteiger partial charge in [-0.25, -0.2) is 8.78 Å². The first-order valence-corrected chi connectivity index (χ1v) is 7.51. The molecule has 2 N–H and O–H groups in total. The molecule has 2 amide bonds. The lowest BCUT2D eigenvalue weighted by molar-refractivity contribution is -0.119. The minimum absolute atomic E-state index is 0.0201. The predicted molar refractivity (Wildman–Crippen MR) is 85.6 cm³/mol. The third-order valence-corrected chi connectivity index (χ3v) is 4.35. The zero-order chi connectivity index (χ0) is 17.4. The molecule has 0 aromatic heterocycles. The van der Waals surface area contributed by atoms with Crippen molar-refractivity contribution in [2.75, 3.05) is 11.9 Å². The minimum Gasteiger partial charge on any atom is -0.366 e. The maximum atomic E-state index is 13.8. The van der Waals surface area contributed by atoms with Crippen LogP contribution in [-0.2, 0) is 4.79 Å². The third-order valence-electron chi connectivity index (χ3n) is 4.35. The maximum Gasteiger partial charge on any atom is 0.248 e. The molecule has 0 unspecified atom stereocenters. The van der Waals surface area contributed by atoms with Gasteiger partial charge < -0.3 is 10.6 Å². The molecule has 0 spiro atoms. The van der Waals surface area contributed by atoms with Gasteiger partial charge >= 0.3 is 0 Å². The van der Waals surface area contributed by atoms with E-state index in [9.17, 15) is 18.4 Å². The van der Waals surface area contributed by atoms with Crippen LogP contribution < -0.4 is 10.6 Å². The zero-order valence-corrected chi connectivity index (χ0v) is 13.0. The van der Waals surface area contributed by atoms with E-state index in [-0.39, 0.29) is 11.5 Å². The van der Waals surface area contributed by atoms with E-state index in [2.05, 4.69) is 0 Å². The summed E-state index contributed by atoms with van der Waals surface area (Å²) in [7, 11) is 1.59. The zero-order valence-electron chi connectivity index (χ0n) is 13.0. The van der Waals surface area contributed by atoms with E-state index in [1.165, 1.54) is 35.2 Å². The van der Waals surface area contributed by atoms with Crippen molar-refractivity contribution in [2.24, 2.45) is 11.7 Å². The summed E-state index contributed by atoms with van der Waals surface area (Å²) in [4.78, 5) is 25.0. The van der Waals surface area contributed by atoms with Gasteiger partial charge in [0.1, 0.15) is 11.6 Å². The summed E-state index contributed by atoms with van der Waals surface area (Å²) in [5, 5.41) is 0. The summed E-state index contributed by atoms with van der Waals surface area (Å²) in [6.45, 7) is 0. The molecule has 3 rings (SSSR count). The van der Waals surface area contributed by atoms with Crippen molar-refractivity contribution in [3.8, 4) is 0 Å². The van der Waals surface area contributed by atoms with E-state index in [0.29, 0.717) is 17.7 Å². The van der Waals surface area contributed by atoms with Gasteiger partial charge in [0.2, 0.25) is 11.8 Å². The highest BCUT2D eigenvalue weighted by molar-refractivity contribution is 5.98. The lowest BCUT2D eigenvalue weighted by Crippen LogP contribution is -2.28. The van der Waals surface area contributed by atoms with E-state index < -0.39 is 29.4 Å². The molecule has 1 aliphatic carbocycles. The minimum atomic E-state index is -0.622. The topological polar surface area (TPSA) is 63.4 Å². The Bertz CT molecular complexity index is 785. The first kappa shape index (κ1) is 16.1. The van der Waals surface area contributed by atoms with Crippen LogP contribution in [0.1, 0.15) is 28.3 Å². The molecular formula is C18H16F2N2O2. The second kappa shape index (κ2) is 6.03. The molecular weight excluding hydrogens is 314 g/mol. The second-order valence-corrected chi connectivity index (χ2v) is 5.89. The summed E-state index contributed by atoms with van der Waals surface area (Å²) in [6.07, 6.45) is 0.417. The van der Waals surface area contributed by atoms with E-state index in [0.717, 1.165) is 0 Å². The maximum absolute atomic E-state index is 13.8. The number of halogens is 2. The number of hydrogen-bond donors (Lipinski definition) is 1. The fraction of sp³-hybridized carbons (Fsp3) is 0.222. The Morgan fingerprint density at radius 3 is 2.21 bits per heavy atom. The fourth-order valence-corrected chi connectivity index (χ4v) is 2.88. The molecule has 0 saturated heterocycles. The third kappa shape index (κ3) is 2.87. The van der Waals surface area contributed by atoms with Crippen LogP contribution in [0.5, 0.6) is 0 Å². The van der Waals surface area contributed by atoms with E-state index in [1.54, 1.807) is 19.2 Å². The van der Waals surface area contributed by atoms with Crippen LogP contribution in [0, 0.1) is 17.6 Å². The molecule has 2 aromatic carbocycles. The first-order valence-electron chi connectivity index (χ1n) is 7.51. The molecule has 124 valence electrons. The molecule has 2 atom stereocenters. The van der Waals surface area contributed by atoms with Gasteiger partial charge in [-0.1, -0.05) is 6.07 Å². The average molecular weight is 330 g/mol. The molecule has 0 heterocycles. The van der Waals surface area contributed by atoms with Crippen LogP contribution in [0.3, 0.4) is 0 Å². The van der Waals surface area contributed by atoms with Crippen molar-refractivity contribution in [1.82, 2.24) is 0 Å². The summed E-state index contributed by atoms with van der Waals surface area (Å²) in [5.74, 6) is -2.89. The number of benzene rings is 2. The Hall–Kier alpha value is -2.76. The molecule has 24 heavy (non-hydrogen) atoms. The van der Waals surface area contributed by atoms with Crippen molar-refractivity contribution < 1.29 is 18.4 Å². The quantitative estimate of drug-likeness (QED) is 0.937. The average Bonchev–Trinajstić information content (AvgIpc) is 3.33. The highest BCUT2D eigenvalue weighted by atomic mass is 19.1. The molecule has 1 fully saturated rings. The Morgan fingerprint density at radius 1 is 1.08 bits per heavy atom. The van der Waals surface area contributed by atoms with Crippen molar-refractivity contribution in [1.29, 1.82) is 0 Å². The lowest BCUT2D eigenvalue weighted by atomic mass is 10.1. The normalized spacial score (nSPS) is 19.0. The van der Waals surface area contributed by atoms with E-state index >= 15 is 0 Å². The Kier molecular flexibility index (Phi) is 4.05. The van der Waals surface area contributed by atoms with E-state index in [4.69, 9.17) is 5.73 Å². The lowest BCUT2D eigenvalue weighted by Gasteiger charge is -2.18. The predicted octanol–water partition coefficient (Wildman–Crippen LogP) is 2.83. The van der Waals surface area contributed by atoms with Crippen LogP contribution in [0.4, 0.5) is 14.5 Å². The molecule has 0 bridgehead atoms. The number of hydrogen-bond acceptors (Lipinski definition) is 2. The van der Waals surface area contributed by atoms with Gasteiger partial charge in [-0.05, 0) is 42.8 Å². The summed E-state index contributed by atoms with van der Waals surface area (Å²) in [6, 6.07) is 9.98. The number of amides is 2. The molecule has 4 nitrogen and oxygen atoms in total. The van der Waals surface area contributed by atoms with Gasteiger partial charge in [0.25, 0.3) is 0 Å². The van der Waals surface area contributed by atoms with Gasteiger partial charge in [-0.2, -0.15) is 0 Å². The van der Waals surface area contributed by atoms with Crippen molar-refractivity contribution >= 4 is 17.5 Å². The number of anilines is 1. The number of carbonyl (C=O) groups is 2. The van der Waals surface area contributed by atoms with Crippen LogP contribution in [0.25, 0.3) is 0 Å². The fourth-order valence-electron chi connectivity index (χ4n) is 2.88. The second-order valence-electron chi connectivity index (χ2n) is 5.89. The largest absolute Gasteiger partial charge is 0.366 e. The van der Waals surface area contributed by atoms with Crippen LogP contribution >= 0.6 is 0 Å². The van der Waals surface area contributed by atoms with Gasteiger partial charge in [0, 0.05) is 35.7 Å². The van der Waals surface area contributed by atoms with Crippen molar-refractivity contribution in [2.45, 2.75) is 12.3 Å². The molecule has 0 radical (unpaired) electrons. The highest BCUT2D eigenvalue weighted by Crippen LogP contribution is 2.50. The van der Waals surface area contributed by atoms with Crippen LogP contribution in [-0.4, -0.2) is 18.9 Å². The number of nitrogens with zero attached hydrogens (tertiary/aromatic N) is 1. The van der Waals surface area contributed by atoms with Crippen LogP contribution in [0.15, 0.2) is 42.5 Å². The number of carbonyl (C=O) groups excluding carboxylic acids is 2. The Labute approximate surface area is 137 Å². The summed E-state index contributed by atoms with van der Waals surface area (Å²) in [5.41, 5.74) is 6.09. The summed E-state index contributed by atoms with van der Waals surface area (Å²) < 4.78 is 27.6. The molecule has 0 aliphatic heterocycles. The van der Waals surface area contributed by atoms with Crippen molar-refractivity contribution in [3.63, 3.8) is 0 Å². The monoisotopic (exact) mass is 330 g/mol. The summed E-state index contributed by atoms with van der Waals surface area (Å²) >= 11 is 0. The molecule has 1 saturated carbocycles.